The van der Waals surface area contributed by atoms with E-state index < -0.39 is 0 Å². The molecule has 0 radical (unpaired) electrons. The fraction of sp³-hybridized carbons (Fsp3) is 0.450. The maximum Gasteiger partial charge on any atom is 0.330 e. The summed E-state index contributed by atoms with van der Waals surface area (Å²) < 4.78 is 6.47. The number of benzene rings is 1. The van der Waals surface area contributed by atoms with Crippen molar-refractivity contribution in [2.24, 2.45) is 0 Å². The average Bonchev–Trinajstić information content (AvgIpc) is 2.47. The van der Waals surface area contributed by atoms with E-state index >= 15 is 0 Å². The lowest BCUT2D eigenvalue weighted by molar-refractivity contribution is -0.895. The molecule has 0 saturated carbocycles. The SMILES string of the molecule is C=CC(=O)OCC[N+](C)(C)C.C=CC(c1ccccc1)[N+](C)(C)C.[Cl-].[Cl-]. The summed E-state index contributed by atoms with van der Waals surface area (Å²) in [5, 5.41) is 0. The van der Waals surface area contributed by atoms with E-state index in [0.29, 0.717) is 12.6 Å². The molecule has 1 unspecified atom stereocenters. The number of esters is 1. The number of hydrogen-bond donors (Lipinski definition) is 0. The molecule has 0 heterocycles. The zero-order chi connectivity index (χ0) is 18.8. The Bertz CT molecular complexity index is 521. The van der Waals surface area contributed by atoms with Gasteiger partial charge in [-0.2, -0.15) is 0 Å². The lowest BCUT2D eigenvalue weighted by atomic mass is 10.1. The highest BCUT2D eigenvalue weighted by atomic mass is 35.5. The van der Waals surface area contributed by atoms with Crippen molar-refractivity contribution >= 4 is 5.97 Å². The van der Waals surface area contributed by atoms with Gasteiger partial charge in [0.25, 0.3) is 0 Å². The average molecular weight is 405 g/mol. The minimum atomic E-state index is -0.349. The van der Waals surface area contributed by atoms with Crippen LogP contribution in [0, 0.1) is 0 Å². The molecule has 0 N–H and O–H groups in total. The molecular weight excluding hydrogens is 371 g/mol. The molecule has 1 aromatic carbocycles. The molecule has 150 valence electrons. The molecule has 0 aliphatic rings. The summed E-state index contributed by atoms with van der Waals surface area (Å²) in [5.74, 6) is -0.349. The summed E-state index contributed by atoms with van der Waals surface area (Å²) in [6.07, 6.45) is 3.19. The van der Waals surface area contributed by atoms with E-state index in [-0.39, 0.29) is 30.8 Å². The highest BCUT2D eigenvalue weighted by molar-refractivity contribution is 5.81. The second kappa shape index (κ2) is 13.8. The lowest BCUT2D eigenvalue weighted by Gasteiger charge is -2.32. The smallest absolute Gasteiger partial charge is 0.330 e. The number of hydrogen-bond acceptors (Lipinski definition) is 2. The second-order valence-electron chi connectivity index (χ2n) is 7.59. The van der Waals surface area contributed by atoms with Gasteiger partial charge < -0.3 is 38.5 Å². The van der Waals surface area contributed by atoms with E-state index in [1.807, 2.05) is 33.3 Å². The Morgan fingerprint density at radius 1 is 1.04 bits per heavy atom. The van der Waals surface area contributed by atoms with Gasteiger partial charge in [0.1, 0.15) is 19.2 Å². The molecule has 6 heteroatoms. The maximum absolute atomic E-state index is 10.6. The van der Waals surface area contributed by atoms with Gasteiger partial charge in [-0.3, -0.25) is 0 Å². The van der Waals surface area contributed by atoms with Crippen LogP contribution in [0.2, 0.25) is 0 Å². The van der Waals surface area contributed by atoms with E-state index in [4.69, 9.17) is 4.74 Å². The third kappa shape index (κ3) is 13.9. The van der Waals surface area contributed by atoms with Crippen molar-refractivity contribution in [3.05, 3.63) is 61.2 Å². The predicted molar refractivity (Wildman–Crippen MR) is 101 cm³/mol. The van der Waals surface area contributed by atoms with Gasteiger partial charge in [-0.05, 0) is 6.08 Å². The van der Waals surface area contributed by atoms with Crippen LogP contribution >= 0.6 is 0 Å². The van der Waals surface area contributed by atoms with Crippen LogP contribution in [0.25, 0.3) is 0 Å². The Morgan fingerprint density at radius 3 is 1.88 bits per heavy atom. The van der Waals surface area contributed by atoms with Crippen molar-refractivity contribution in [3.63, 3.8) is 0 Å². The van der Waals surface area contributed by atoms with E-state index in [1.54, 1.807) is 0 Å². The predicted octanol–water partition coefficient (Wildman–Crippen LogP) is -2.95. The number of nitrogens with zero attached hydrogens (tertiary/aromatic N) is 2. The quantitative estimate of drug-likeness (QED) is 0.210. The van der Waals surface area contributed by atoms with Gasteiger partial charge in [-0.25, -0.2) is 4.79 Å². The van der Waals surface area contributed by atoms with E-state index in [0.717, 1.165) is 15.5 Å². The minimum Gasteiger partial charge on any atom is -1.00 e. The van der Waals surface area contributed by atoms with Crippen LogP contribution in [-0.4, -0.2) is 70.4 Å². The van der Waals surface area contributed by atoms with Crippen LogP contribution in [0.1, 0.15) is 11.6 Å². The molecule has 0 saturated heterocycles. The summed E-state index contributed by atoms with van der Waals surface area (Å²) in [5.41, 5.74) is 1.32. The maximum atomic E-state index is 10.6. The molecule has 0 spiro atoms. The van der Waals surface area contributed by atoms with Crippen molar-refractivity contribution in [2.45, 2.75) is 6.04 Å². The summed E-state index contributed by atoms with van der Waals surface area (Å²) in [6, 6.07) is 10.9. The molecule has 4 nitrogen and oxygen atoms in total. The monoisotopic (exact) mass is 404 g/mol. The van der Waals surface area contributed by atoms with Gasteiger partial charge in [0.15, 0.2) is 0 Å². The number of rotatable bonds is 7. The Balaban J connectivity index is -0.000000383. The highest BCUT2D eigenvalue weighted by Gasteiger charge is 2.21. The normalized spacial score (nSPS) is 11.5. The van der Waals surface area contributed by atoms with Gasteiger partial charge in [0.05, 0.1) is 42.3 Å². The summed E-state index contributed by atoms with van der Waals surface area (Å²) in [7, 11) is 12.7. The number of quaternary nitrogens is 2. The third-order valence-electron chi connectivity index (χ3n) is 3.37. The molecule has 0 aromatic heterocycles. The Hall–Kier alpha value is -1.33. The zero-order valence-corrected chi connectivity index (χ0v) is 18.4. The second-order valence-corrected chi connectivity index (χ2v) is 7.59. The molecule has 0 amide bonds. The fourth-order valence-electron chi connectivity index (χ4n) is 2.03. The van der Waals surface area contributed by atoms with Gasteiger partial charge >= 0.3 is 5.97 Å². The van der Waals surface area contributed by atoms with E-state index in [9.17, 15) is 4.79 Å². The number of carbonyl (C=O) groups is 1. The van der Waals surface area contributed by atoms with Crippen LogP contribution in [0.4, 0.5) is 0 Å². The first-order chi connectivity index (χ1) is 11.0. The summed E-state index contributed by atoms with van der Waals surface area (Å²) in [4.78, 5) is 10.6. The van der Waals surface area contributed by atoms with Crippen LogP contribution in [0.15, 0.2) is 55.6 Å². The topological polar surface area (TPSA) is 26.3 Å². The molecule has 26 heavy (non-hydrogen) atoms. The molecule has 1 aromatic rings. The van der Waals surface area contributed by atoms with Crippen molar-refractivity contribution < 1.29 is 43.3 Å². The molecule has 1 rings (SSSR count). The molecule has 1 atom stereocenters. The van der Waals surface area contributed by atoms with Gasteiger partial charge in [0.2, 0.25) is 0 Å². The third-order valence-corrected chi connectivity index (χ3v) is 3.37. The molecule has 0 bridgehead atoms. The Kier molecular flexibility index (Phi) is 15.6. The van der Waals surface area contributed by atoms with Crippen molar-refractivity contribution in [1.82, 2.24) is 0 Å². The summed E-state index contributed by atoms with van der Waals surface area (Å²) in [6.45, 7) is 8.46. The Labute approximate surface area is 172 Å². The first-order valence-electron chi connectivity index (χ1n) is 8.09. The van der Waals surface area contributed by atoms with Crippen LogP contribution < -0.4 is 24.8 Å². The largest absolute Gasteiger partial charge is 1.00 e. The van der Waals surface area contributed by atoms with Crippen molar-refractivity contribution in [3.8, 4) is 0 Å². The van der Waals surface area contributed by atoms with Gasteiger partial charge in [0, 0.05) is 11.6 Å². The zero-order valence-electron chi connectivity index (χ0n) is 16.9. The lowest BCUT2D eigenvalue weighted by Crippen LogP contribution is -3.00. The highest BCUT2D eigenvalue weighted by Crippen LogP contribution is 2.23. The van der Waals surface area contributed by atoms with Gasteiger partial charge in [-0.15, -0.1) is 0 Å². The first-order valence-corrected chi connectivity index (χ1v) is 8.09. The fourth-order valence-corrected chi connectivity index (χ4v) is 2.03. The Morgan fingerprint density at radius 2 is 1.54 bits per heavy atom. The van der Waals surface area contributed by atoms with Crippen molar-refractivity contribution in [1.29, 1.82) is 0 Å². The van der Waals surface area contributed by atoms with E-state index in [1.165, 1.54) is 11.6 Å². The number of carbonyl (C=O) groups excluding carboxylic acids is 1. The molecular formula is C20H34Cl2N2O2. The number of ether oxygens (including phenoxy) is 1. The van der Waals surface area contributed by atoms with Crippen molar-refractivity contribution in [2.75, 3.05) is 55.4 Å². The van der Waals surface area contributed by atoms with Crippen LogP contribution in [-0.2, 0) is 9.53 Å². The summed E-state index contributed by atoms with van der Waals surface area (Å²) >= 11 is 0. The first kappa shape index (κ1) is 29.4. The number of likely N-dealkylation sites (N-methyl/N-ethyl adjacent to an activating group) is 2. The number of halogens is 2. The minimum absolute atomic E-state index is 0. The standard InChI is InChI=1S/C12H18N.C8H16NO2.2ClH/c1-5-12(13(2,3)4)11-9-7-6-8-10-11;1-5-8(10)11-7-6-9(2,3)4;;/h5-10,12H,1H2,2-4H3;5H,1,6-7H2,2-4H3;2*1H/q2*+1;;/p-2. The van der Waals surface area contributed by atoms with E-state index in [2.05, 4.69) is 58.6 Å². The van der Waals surface area contributed by atoms with Crippen LogP contribution in [0.3, 0.4) is 0 Å². The van der Waals surface area contributed by atoms with Gasteiger partial charge in [-0.1, -0.05) is 43.5 Å². The molecule has 0 aliphatic carbocycles. The molecule has 0 aliphatic heterocycles. The molecule has 0 fully saturated rings. The van der Waals surface area contributed by atoms with Crippen LogP contribution in [0.5, 0.6) is 0 Å².